The van der Waals surface area contributed by atoms with Gasteiger partial charge < -0.3 is 14.8 Å². The number of halogens is 1. The third kappa shape index (κ3) is 2.83. The van der Waals surface area contributed by atoms with Crippen LogP contribution in [-0.4, -0.2) is 36.4 Å². The number of fused-ring (bicyclic) bond motifs is 1. The minimum Gasteiger partial charge on any atom is -0.378 e. The molecular formula is C16H18BrN3O. The van der Waals surface area contributed by atoms with Gasteiger partial charge in [0.05, 0.1) is 4.60 Å². The van der Waals surface area contributed by atoms with Crippen molar-refractivity contribution >= 4 is 27.5 Å². The Labute approximate surface area is 132 Å². The molecule has 1 aromatic carbocycles. The zero-order valence-electron chi connectivity index (χ0n) is 12.2. The van der Waals surface area contributed by atoms with Gasteiger partial charge in [0.25, 0.3) is 5.91 Å². The molecule has 0 atom stereocenters. The van der Waals surface area contributed by atoms with Crippen LogP contribution in [0.5, 0.6) is 0 Å². The number of aromatic amines is 1. The molecule has 2 aromatic rings. The Morgan fingerprint density at radius 3 is 2.67 bits per heavy atom. The van der Waals surface area contributed by atoms with Crippen molar-refractivity contribution in [2.45, 2.75) is 13.0 Å². The van der Waals surface area contributed by atoms with Crippen LogP contribution in [0.3, 0.4) is 0 Å². The predicted molar refractivity (Wildman–Crippen MR) is 87.7 cm³/mol. The van der Waals surface area contributed by atoms with Crippen molar-refractivity contribution in [2.24, 2.45) is 0 Å². The van der Waals surface area contributed by atoms with Crippen LogP contribution < -0.4 is 4.90 Å². The molecule has 110 valence electrons. The lowest BCUT2D eigenvalue weighted by atomic mass is 10.1. The van der Waals surface area contributed by atoms with Crippen molar-refractivity contribution in [1.82, 2.24) is 9.88 Å². The number of amides is 1. The lowest BCUT2D eigenvalue weighted by Gasteiger charge is -2.27. The summed E-state index contributed by atoms with van der Waals surface area (Å²) < 4.78 is 0.983. The first-order valence-electron chi connectivity index (χ1n) is 6.97. The molecule has 1 aliphatic heterocycles. The van der Waals surface area contributed by atoms with E-state index < -0.39 is 0 Å². The number of nitrogens with zero attached hydrogens (tertiary/aromatic N) is 2. The summed E-state index contributed by atoms with van der Waals surface area (Å²) in [7, 11) is 3.99. The van der Waals surface area contributed by atoms with Gasteiger partial charge in [0.2, 0.25) is 0 Å². The van der Waals surface area contributed by atoms with Crippen molar-refractivity contribution in [1.29, 1.82) is 0 Å². The van der Waals surface area contributed by atoms with Crippen molar-refractivity contribution < 1.29 is 4.79 Å². The van der Waals surface area contributed by atoms with E-state index in [1.165, 1.54) is 11.3 Å². The van der Waals surface area contributed by atoms with Crippen molar-refractivity contribution in [3.63, 3.8) is 0 Å². The molecule has 1 aromatic heterocycles. The highest BCUT2D eigenvalue weighted by atomic mass is 79.9. The zero-order chi connectivity index (χ0) is 15.0. The Morgan fingerprint density at radius 1 is 1.29 bits per heavy atom. The minimum absolute atomic E-state index is 0.100. The van der Waals surface area contributed by atoms with Gasteiger partial charge in [-0.25, -0.2) is 0 Å². The molecule has 0 unspecified atom stereocenters. The number of carbonyl (C=O) groups is 1. The number of rotatable bonds is 2. The summed E-state index contributed by atoms with van der Waals surface area (Å²) in [5, 5.41) is 0. The normalized spacial score (nSPS) is 14.0. The molecule has 2 heterocycles. The lowest BCUT2D eigenvalue weighted by molar-refractivity contribution is 0.0734. The third-order valence-corrected chi connectivity index (χ3v) is 4.30. The second kappa shape index (κ2) is 5.56. The van der Waals surface area contributed by atoms with Gasteiger partial charge in [0.1, 0.15) is 0 Å². The highest BCUT2D eigenvalue weighted by molar-refractivity contribution is 9.10. The maximum atomic E-state index is 12.6. The summed E-state index contributed by atoms with van der Waals surface area (Å²) in [4.78, 5) is 19.8. The fourth-order valence-corrected chi connectivity index (χ4v) is 3.17. The van der Waals surface area contributed by atoms with Gasteiger partial charge in [-0.3, -0.25) is 4.79 Å². The summed E-state index contributed by atoms with van der Waals surface area (Å²) >= 11 is 3.45. The van der Waals surface area contributed by atoms with Gasteiger partial charge >= 0.3 is 0 Å². The van der Waals surface area contributed by atoms with E-state index in [1.807, 2.05) is 48.2 Å². The molecule has 3 rings (SSSR count). The molecule has 0 aliphatic carbocycles. The Bertz CT molecular complexity index is 661. The topological polar surface area (TPSA) is 39.3 Å². The first-order valence-corrected chi connectivity index (χ1v) is 7.77. The number of anilines is 1. The average Bonchev–Trinajstić information content (AvgIpc) is 2.85. The lowest BCUT2D eigenvalue weighted by Crippen LogP contribution is -2.35. The predicted octanol–water partition coefficient (Wildman–Crippen LogP) is 3.04. The molecule has 1 amide bonds. The van der Waals surface area contributed by atoms with E-state index in [4.69, 9.17) is 0 Å². The Kier molecular flexibility index (Phi) is 3.76. The van der Waals surface area contributed by atoms with Crippen molar-refractivity contribution in [3.8, 4) is 0 Å². The molecule has 5 heteroatoms. The van der Waals surface area contributed by atoms with Crippen LogP contribution in [0.4, 0.5) is 5.69 Å². The van der Waals surface area contributed by atoms with Gasteiger partial charge in [0.15, 0.2) is 0 Å². The fourth-order valence-electron chi connectivity index (χ4n) is 2.65. The first kappa shape index (κ1) is 14.2. The second-order valence-electron chi connectivity index (χ2n) is 5.54. The van der Waals surface area contributed by atoms with Crippen LogP contribution in [0.15, 0.2) is 34.9 Å². The number of H-pyrrole nitrogens is 1. The van der Waals surface area contributed by atoms with Gasteiger partial charge in [-0.1, -0.05) is 0 Å². The zero-order valence-corrected chi connectivity index (χ0v) is 13.8. The molecule has 21 heavy (non-hydrogen) atoms. The standard InChI is InChI=1S/C16H18BrN3O/c1-19(2)13-5-3-11(4-6-13)16(21)20-8-7-14-12(10-20)9-15(17)18-14/h3-6,9,18H,7-8,10H2,1-2H3. The number of benzene rings is 1. The summed E-state index contributed by atoms with van der Waals surface area (Å²) in [5.41, 5.74) is 4.28. The number of carbonyl (C=O) groups excluding carboxylic acids is 1. The van der Waals surface area contributed by atoms with Crippen LogP contribution >= 0.6 is 15.9 Å². The van der Waals surface area contributed by atoms with E-state index in [1.54, 1.807) is 0 Å². The first-order chi connectivity index (χ1) is 10.0. The molecule has 4 nitrogen and oxygen atoms in total. The summed E-state index contributed by atoms with van der Waals surface area (Å²) in [6.45, 7) is 1.43. The quantitative estimate of drug-likeness (QED) is 0.906. The van der Waals surface area contributed by atoms with Crippen LogP contribution in [0.2, 0.25) is 0 Å². The van der Waals surface area contributed by atoms with E-state index in [0.29, 0.717) is 6.54 Å². The number of hydrogen-bond donors (Lipinski definition) is 1. The van der Waals surface area contributed by atoms with Gasteiger partial charge in [-0.05, 0) is 51.8 Å². The van der Waals surface area contributed by atoms with Crippen LogP contribution in [0, 0.1) is 0 Å². The molecule has 0 saturated heterocycles. The van der Waals surface area contributed by atoms with Crippen molar-refractivity contribution in [3.05, 3.63) is 51.8 Å². The third-order valence-electron chi connectivity index (χ3n) is 3.87. The molecular weight excluding hydrogens is 330 g/mol. The fraction of sp³-hybridized carbons (Fsp3) is 0.312. The summed E-state index contributed by atoms with van der Waals surface area (Å²) in [6, 6.07) is 9.83. The highest BCUT2D eigenvalue weighted by Gasteiger charge is 2.23. The van der Waals surface area contributed by atoms with Gasteiger partial charge in [-0.2, -0.15) is 0 Å². The summed E-state index contributed by atoms with van der Waals surface area (Å²) in [5.74, 6) is 0.100. The molecule has 0 saturated carbocycles. The molecule has 1 aliphatic rings. The van der Waals surface area contributed by atoms with E-state index >= 15 is 0 Å². The number of hydrogen-bond acceptors (Lipinski definition) is 2. The Balaban J connectivity index is 1.77. The van der Waals surface area contributed by atoms with Crippen LogP contribution in [0.1, 0.15) is 21.6 Å². The maximum absolute atomic E-state index is 12.6. The molecule has 0 spiro atoms. The highest BCUT2D eigenvalue weighted by Crippen LogP contribution is 2.24. The van der Waals surface area contributed by atoms with E-state index in [2.05, 4.69) is 27.0 Å². The second-order valence-corrected chi connectivity index (χ2v) is 6.39. The average molecular weight is 348 g/mol. The monoisotopic (exact) mass is 347 g/mol. The minimum atomic E-state index is 0.100. The van der Waals surface area contributed by atoms with Gasteiger partial charge in [0, 0.05) is 50.6 Å². The van der Waals surface area contributed by atoms with Crippen LogP contribution in [-0.2, 0) is 13.0 Å². The summed E-state index contributed by atoms with van der Waals surface area (Å²) in [6.07, 6.45) is 0.877. The SMILES string of the molecule is CN(C)c1ccc(C(=O)N2CCc3[nH]c(Br)cc3C2)cc1. The number of nitrogens with one attached hydrogen (secondary N) is 1. The molecule has 0 radical (unpaired) electrons. The molecule has 1 N–H and O–H groups in total. The van der Waals surface area contributed by atoms with Crippen LogP contribution in [0.25, 0.3) is 0 Å². The van der Waals surface area contributed by atoms with Gasteiger partial charge in [-0.15, -0.1) is 0 Å². The van der Waals surface area contributed by atoms with Crippen molar-refractivity contribution in [2.75, 3.05) is 25.5 Å². The largest absolute Gasteiger partial charge is 0.378 e. The molecule has 0 fully saturated rings. The smallest absolute Gasteiger partial charge is 0.254 e. The Morgan fingerprint density at radius 2 is 2.00 bits per heavy atom. The van der Waals surface area contributed by atoms with E-state index in [-0.39, 0.29) is 5.91 Å². The van der Waals surface area contributed by atoms with E-state index in [9.17, 15) is 4.79 Å². The Hall–Kier alpha value is -1.75. The molecule has 0 bridgehead atoms. The number of aromatic nitrogens is 1. The van der Waals surface area contributed by atoms with E-state index in [0.717, 1.165) is 28.8 Å². The maximum Gasteiger partial charge on any atom is 0.254 e.